The second-order valence-electron chi connectivity index (χ2n) is 6.21. The van der Waals surface area contributed by atoms with Gasteiger partial charge in [0.15, 0.2) is 0 Å². The predicted molar refractivity (Wildman–Crippen MR) is 88.4 cm³/mol. The second kappa shape index (κ2) is 7.32. The molecule has 1 saturated heterocycles. The van der Waals surface area contributed by atoms with Crippen molar-refractivity contribution in [3.8, 4) is 17.2 Å². The van der Waals surface area contributed by atoms with Crippen molar-refractivity contribution in [2.24, 2.45) is 5.92 Å². The monoisotopic (exact) mass is 334 g/mol. The maximum absolute atomic E-state index is 14.2. The summed E-state index contributed by atoms with van der Waals surface area (Å²) in [6.07, 6.45) is 1.13. The van der Waals surface area contributed by atoms with Gasteiger partial charge in [0.25, 0.3) is 0 Å². The molecule has 3 rings (SSSR count). The van der Waals surface area contributed by atoms with Crippen LogP contribution in [-0.4, -0.2) is 43.8 Å². The highest BCUT2D eigenvalue weighted by Crippen LogP contribution is 2.28. The van der Waals surface area contributed by atoms with Crippen molar-refractivity contribution < 1.29 is 18.3 Å². The van der Waals surface area contributed by atoms with Crippen LogP contribution in [0.1, 0.15) is 17.9 Å². The fourth-order valence-corrected chi connectivity index (χ4v) is 3.13. The lowest BCUT2D eigenvalue weighted by Gasteiger charge is -2.14. The lowest BCUT2D eigenvalue weighted by atomic mass is 10.1. The summed E-state index contributed by atoms with van der Waals surface area (Å²) in [5.41, 5.74) is 1.21. The van der Waals surface area contributed by atoms with Gasteiger partial charge in [0.05, 0.1) is 25.0 Å². The Morgan fingerprint density at radius 3 is 2.92 bits per heavy atom. The molecule has 1 fully saturated rings. The zero-order valence-corrected chi connectivity index (χ0v) is 14.3. The maximum atomic E-state index is 14.2. The summed E-state index contributed by atoms with van der Waals surface area (Å²) in [6, 6.07) is 4.67. The number of aryl methyl sites for hydroxylation is 1. The van der Waals surface area contributed by atoms with Crippen LogP contribution in [0.25, 0.3) is 11.5 Å². The van der Waals surface area contributed by atoms with E-state index in [9.17, 15) is 4.39 Å². The fourth-order valence-electron chi connectivity index (χ4n) is 3.13. The van der Waals surface area contributed by atoms with Crippen molar-refractivity contribution in [3.63, 3.8) is 0 Å². The van der Waals surface area contributed by atoms with E-state index in [2.05, 4.69) is 9.88 Å². The van der Waals surface area contributed by atoms with Gasteiger partial charge in [-0.25, -0.2) is 9.37 Å². The first-order chi connectivity index (χ1) is 11.6. The van der Waals surface area contributed by atoms with Crippen LogP contribution in [0.3, 0.4) is 0 Å². The number of hydrogen-bond acceptors (Lipinski definition) is 5. The molecule has 1 atom stereocenters. The molecular weight excluding hydrogens is 311 g/mol. The molecule has 130 valence electrons. The van der Waals surface area contributed by atoms with Crippen molar-refractivity contribution in [1.29, 1.82) is 0 Å². The van der Waals surface area contributed by atoms with Crippen LogP contribution in [0.5, 0.6) is 5.75 Å². The Hall–Kier alpha value is -1.92. The average Bonchev–Trinajstić information content (AvgIpc) is 3.15. The molecule has 1 aliphatic rings. The molecule has 2 aromatic rings. The van der Waals surface area contributed by atoms with E-state index < -0.39 is 5.82 Å². The van der Waals surface area contributed by atoms with E-state index in [1.54, 1.807) is 19.2 Å². The van der Waals surface area contributed by atoms with Gasteiger partial charge >= 0.3 is 0 Å². The summed E-state index contributed by atoms with van der Waals surface area (Å²) >= 11 is 0. The highest BCUT2D eigenvalue weighted by Gasteiger charge is 2.24. The molecule has 1 aromatic carbocycles. The first-order valence-corrected chi connectivity index (χ1v) is 8.12. The van der Waals surface area contributed by atoms with Gasteiger partial charge in [-0.1, -0.05) is 0 Å². The molecule has 5 nitrogen and oxygen atoms in total. The molecule has 2 heterocycles. The number of benzene rings is 1. The van der Waals surface area contributed by atoms with Crippen LogP contribution in [0.2, 0.25) is 0 Å². The second-order valence-corrected chi connectivity index (χ2v) is 6.21. The zero-order chi connectivity index (χ0) is 17.1. The molecular formula is C18H23FN2O3. The van der Waals surface area contributed by atoms with Gasteiger partial charge in [-0.05, 0) is 37.9 Å². The molecule has 0 saturated carbocycles. The third kappa shape index (κ3) is 3.60. The fraction of sp³-hybridized carbons (Fsp3) is 0.500. The van der Waals surface area contributed by atoms with E-state index in [1.165, 1.54) is 13.2 Å². The highest BCUT2D eigenvalue weighted by molar-refractivity contribution is 5.56. The van der Waals surface area contributed by atoms with Gasteiger partial charge in [0.1, 0.15) is 17.3 Å². The minimum atomic E-state index is -0.400. The predicted octanol–water partition coefficient (Wildman–Crippen LogP) is 3.27. The number of nitrogens with zero attached hydrogens (tertiary/aromatic N) is 2. The molecule has 0 radical (unpaired) electrons. The van der Waals surface area contributed by atoms with Gasteiger partial charge in [-0.3, -0.25) is 4.90 Å². The number of likely N-dealkylation sites (tertiary alicyclic amines) is 1. The standard InChI is InChI=1S/C18H23FN2O3/c1-12-17(10-21-7-6-13(9-21)11-22-2)20-18(24-12)15-5-4-14(23-3)8-16(15)19/h4-5,8,13H,6-7,9-11H2,1-3H3/t13-/m0/s1. The topological polar surface area (TPSA) is 47.7 Å². The van der Waals surface area contributed by atoms with E-state index in [1.807, 2.05) is 6.92 Å². The van der Waals surface area contributed by atoms with Gasteiger partial charge in [0.2, 0.25) is 5.89 Å². The normalized spacial score (nSPS) is 18.2. The Morgan fingerprint density at radius 2 is 2.21 bits per heavy atom. The number of hydrogen-bond donors (Lipinski definition) is 0. The smallest absolute Gasteiger partial charge is 0.229 e. The Labute approximate surface area is 141 Å². The van der Waals surface area contributed by atoms with Crippen LogP contribution in [0, 0.1) is 18.7 Å². The quantitative estimate of drug-likeness (QED) is 0.811. The third-order valence-corrected chi connectivity index (χ3v) is 4.45. The summed E-state index contributed by atoms with van der Waals surface area (Å²) in [5.74, 6) is 1.69. The Morgan fingerprint density at radius 1 is 1.38 bits per heavy atom. The molecule has 0 unspecified atom stereocenters. The van der Waals surface area contributed by atoms with E-state index in [0.29, 0.717) is 29.7 Å². The molecule has 1 aliphatic heterocycles. The van der Waals surface area contributed by atoms with Gasteiger partial charge in [0, 0.05) is 26.3 Å². The van der Waals surface area contributed by atoms with Crippen molar-refractivity contribution in [2.45, 2.75) is 19.9 Å². The molecule has 0 N–H and O–H groups in total. The number of halogens is 1. The SMILES string of the molecule is COC[C@H]1CCN(Cc2nc(-c3ccc(OC)cc3F)oc2C)C1. The Kier molecular flexibility index (Phi) is 5.16. The average molecular weight is 334 g/mol. The van der Waals surface area contributed by atoms with E-state index in [-0.39, 0.29) is 0 Å². The largest absolute Gasteiger partial charge is 0.497 e. The first kappa shape index (κ1) is 16.9. The van der Waals surface area contributed by atoms with E-state index in [4.69, 9.17) is 13.9 Å². The van der Waals surface area contributed by atoms with Crippen molar-refractivity contribution in [2.75, 3.05) is 33.9 Å². The van der Waals surface area contributed by atoms with Gasteiger partial charge in [-0.15, -0.1) is 0 Å². The van der Waals surface area contributed by atoms with Crippen molar-refractivity contribution in [3.05, 3.63) is 35.5 Å². The summed E-state index contributed by atoms with van der Waals surface area (Å²) in [4.78, 5) is 6.85. The van der Waals surface area contributed by atoms with Crippen molar-refractivity contribution in [1.82, 2.24) is 9.88 Å². The number of ether oxygens (including phenoxy) is 2. The maximum Gasteiger partial charge on any atom is 0.229 e. The summed E-state index contributed by atoms with van der Waals surface area (Å²) in [6.45, 7) is 5.39. The van der Waals surface area contributed by atoms with Crippen LogP contribution in [0.4, 0.5) is 4.39 Å². The van der Waals surface area contributed by atoms with E-state index >= 15 is 0 Å². The lowest BCUT2D eigenvalue weighted by molar-refractivity contribution is 0.152. The third-order valence-electron chi connectivity index (χ3n) is 4.45. The molecule has 0 amide bonds. The molecule has 0 bridgehead atoms. The first-order valence-electron chi connectivity index (χ1n) is 8.12. The number of aromatic nitrogens is 1. The van der Waals surface area contributed by atoms with E-state index in [0.717, 1.165) is 37.6 Å². The Balaban J connectivity index is 1.74. The molecule has 0 spiro atoms. The van der Waals surface area contributed by atoms with Crippen LogP contribution < -0.4 is 4.74 Å². The minimum Gasteiger partial charge on any atom is -0.497 e. The number of oxazole rings is 1. The lowest BCUT2D eigenvalue weighted by Crippen LogP contribution is -2.21. The van der Waals surface area contributed by atoms with Gasteiger partial charge < -0.3 is 13.9 Å². The van der Waals surface area contributed by atoms with Crippen LogP contribution >= 0.6 is 0 Å². The molecule has 6 heteroatoms. The highest BCUT2D eigenvalue weighted by atomic mass is 19.1. The van der Waals surface area contributed by atoms with Crippen LogP contribution in [0.15, 0.2) is 22.6 Å². The van der Waals surface area contributed by atoms with Crippen molar-refractivity contribution >= 4 is 0 Å². The summed E-state index contributed by atoms with van der Waals surface area (Å²) in [7, 11) is 3.24. The molecule has 1 aromatic heterocycles. The Bertz CT molecular complexity index is 702. The summed E-state index contributed by atoms with van der Waals surface area (Å²) in [5, 5.41) is 0. The summed E-state index contributed by atoms with van der Waals surface area (Å²) < 4.78 is 30.2. The van der Waals surface area contributed by atoms with Crippen LogP contribution in [-0.2, 0) is 11.3 Å². The zero-order valence-electron chi connectivity index (χ0n) is 14.3. The van der Waals surface area contributed by atoms with Gasteiger partial charge in [-0.2, -0.15) is 0 Å². The minimum absolute atomic E-state index is 0.315. The molecule has 24 heavy (non-hydrogen) atoms. The number of rotatable bonds is 6. The molecule has 0 aliphatic carbocycles. The number of methoxy groups -OCH3 is 2.